The predicted molar refractivity (Wildman–Crippen MR) is 246 cm³/mol. The van der Waals surface area contributed by atoms with Gasteiger partial charge in [-0.05, 0) is 215 Å². The van der Waals surface area contributed by atoms with Crippen LogP contribution in [0.3, 0.4) is 0 Å². The van der Waals surface area contributed by atoms with Crippen molar-refractivity contribution in [3.8, 4) is 11.5 Å². The van der Waals surface area contributed by atoms with Crippen molar-refractivity contribution in [1.82, 2.24) is 0 Å². The zero-order valence-corrected chi connectivity index (χ0v) is 38.1. The molecule has 56 heavy (non-hydrogen) atoms. The first-order chi connectivity index (χ1) is 26.4. The van der Waals surface area contributed by atoms with Crippen molar-refractivity contribution < 1.29 is 14.9 Å². The Morgan fingerprint density at radius 3 is 1.61 bits per heavy atom. The summed E-state index contributed by atoms with van der Waals surface area (Å²) in [4.78, 5) is 0. The maximum absolute atomic E-state index is 10.8. The third-order valence-electron chi connectivity index (χ3n) is 11.6. The summed E-state index contributed by atoms with van der Waals surface area (Å²) < 4.78 is 6.56. The molecule has 3 nitrogen and oxygen atoms in total. The third-order valence-corrected chi connectivity index (χ3v) is 11.6. The van der Waals surface area contributed by atoms with Crippen LogP contribution < -0.4 is 4.74 Å². The summed E-state index contributed by atoms with van der Waals surface area (Å²) in [5.74, 6) is 1.37. The van der Waals surface area contributed by atoms with Gasteiger partial charge in [0.2, 0.25) is 0 Å². The second-order valence-corrected chi connectivity index (χ2v) is 18.0. The number of rotatable bonds is 24. The highest BCUT2D eigenvalue weighted by Crippen LogP contribution is 2.42. The maximum Gasteiger partial charge on any atom is 0.126 e. The van der Waals surface area contributed by atoms with E-state index in [-0.39, 0.29) is 5.60 Å². The van der Waals surface area contributed by atoms with Crippen LogP contribution in [0.25, 0.3) is 0 Å². The highest BCUT2D eigenvalue weighted by molar-refractivity contribution is 5.53. The minimum atomic E-state index is -0.761. The first-order valence-electron chi connectivity index (χ1n) is 21.9. The van der Waals surface area contributed by atoms with Crippen LogP contribution in [0.1, 0.15) is 189 Å². The van der Waals surface area contributed by atoms with Crippen molar-refractivity contribution >= 4 is 0 Å². The van der Waals surface area contributed by atoms with Crippen LogP contribution in [0.2, 0.25) is 0 Å². The zero-order valence-electron chi connectivity index (χ0n) is 38.1. The number of aliphatic hydroxyl groups is 1. The van der Waals surface area contributed by atoms with Gasteiger partial charge in [-0.3, -0.25) is 0 Å². The Kier molecular flexibility index (Phi) is 21.9. The predicted octanol–water partition coefficient (Wildman–Crippen LogP) is 15.9. The number of aryl methyl sites for hydroxylation is 1. The molecule has 1 aliphatic heterocycles. The molecule has 2 atom stereocenters. The lowest BCUT2D eigenvalue weighted by Gasteiger charge is -2.37. The molecule has 0 saturated heterocycles. The van der Waals surface area contributed by atoms with E-state index >= 15 is 0 Å². The average molecular weight is 767 g/mol. The van der Waals surface area contributed by atoms with Crippen molar-refractivity contribution in [2.24, 2.45) is 0 Å². The first-order valence-corrected chi connectivity index (χ1v) is 21.9. The zero-order chi connectivity index (χ0) is 41.7. The van der Waals surface area contributed by atoms with Crippen molar-refractivity contribution in [2.75, 3.05) is 0 Å². The number of aromatic hydroxyl groups is 1. The van der Waals surface area contributed by atoms with Gasteiger partial charge in [-0.15, -0.1) is 0 Å². The normalized spacial score (nSPS) is 18.6. The lowest BCUT2D eigenvalue weighted by molar-refractivity contribution is 0.0560. The monoisotopic (exact) mass is 767 g/mol. The first kappa shape index (κ1) is 48.8. The highest BCUT2D eigenvalue weighted by atomic mass is 16.5. The summed E-state index contributed by atoms with van der Waals surface area (Å²) >= 11 is 0. The molecule has 0 fully saturated rings. The van der Waals surface area contributed by atoms with Gasteiger partial charge >= 0.3 is 0 Å². The highest BCUT2D eigenvalue weighted by Gasteiger charge is 2.32. The van der Waals surface area contributed by atoms with Gasteiger partial charge in [-0.2, -0.15) is 0 Å². The topological polar surface area (TPSA) is 49.7 Å². The summed E-state index contributed by atoms with van der Waals surface area (Å²) in [5, 5.41) is 21.0. The van der Waals surface area contributed by atoms with E-state index in [2.05, 4.69) is 118 Å². The Hall–Kier alpha value is -3.30. The molecule has 0 saturated carbocycles. The summed E-state index contributed by atoms with van der Waals surface area (Å²) in [6, 6.07) is 1.89. The van der Waals surface area contributed by atoms with Crippen LogP contribution in [-0.4, -0.2) is 21.4 Å². The Balaban J connectivity index is 1.62. The van der Waals surface area contributed by atoms with Gasteiger partial charge in [-0.25, -0.2) is 0 Å². The number of ether oxygens (including phenoxy) is 1. The Labute approximate surface area is 345 Å². The molecule has 1 heterocycles. The standard InChI is InChI=1S/C53H82O3/c1-40(2)21-13-22-44(6)31-18-35-52(11,55)36-19-32-45(7)29-16-27-42(4)25-14-23-41(3)24-15-26-43(5)28-17-30-46(8)33-20-37-53(12)38-34-49-39-50(54)47(9)48(10)51(49)56-53/h19,21,24-25,28-29,31,33,36,39,54-55H,13-18,20,22-23,26-27,30,32,34-35,37-38H2,1-12H3/t52-,53-/m0/s1. The summed E-state index contributed by atoms with van der Waals surface area (Å²) in [5.41, 5.74) is 12.3. The van der Waals surface area contributed by atoms with Crippen LogP contribution >= 0.6 is 0 Å². The molecule has 0 aromatic heterocycles. The summed E-state index contributed by atoms with van der Waals surface area (Å²) in [6.45, 7) is 26.0. The molecule has 2 N–H and O–H groups in total. The van der Waals surface area contributed by atoms with Crippen molar-refractivity contribution in [3.05, 3.63) is 116 Å². The number of allylic oxidation sites excluding steroid dienone is 15. The van der Waals surface area contributed by atoms with Gasteiger partial charge in [-0.1, -0.05) is 93.7 Å². The second kappa shape index (κ2) is 25.1. The quantitative estimate of drug-likeness (QED) is 0.103. The van der Waals surface area contributed by atoms with E-state index in [4.69, 9.17) is 4.74 Å². The molecular weight excluding hydrogens is 685 g/mol. The van der Waals surface area contributed by atoms with Crippen LogP contribution in [0, 0.1) is 13.8 Å². The van der Waals surface area contributed by atoms with Crippen LogP contribution in [0.5, 0.6) is 11.5 Å². The molecule has 0 radical (unpaired) electrons. The molecular formula is C53H82O3. The molecule has 1 aliphatic rings. The van der Waals surface area contributed by atoms with Crippen molar-refractivity contribution in [3.63, 3.8) is 0 Å². The van der Waals surface area contributed by atoms with Crippen LogP contribution in [0.4, 0.5) is 0 Å². The molecule has 2 rings (SSSR count). The lowest BCUT2D eigenvalue weighted by Crippen LogP contribution is -2.36. The van der Waals surface area contributed by atoms with Crippen molar-refractivity contribution in [1.29, 1.82) is 0 Å². The van der Waals surface area contributed by atoms with Crippen LogP contribution in [-0.2, 0) is 6.42 Å². The molecule has 0 unspecified atom stereocenters. The van der Waals surface area contributed by atoms with E-state index in [1.54, 1.807) is 0 Å². The number of phenolic OH excluding ortho intramolecular Hbond substituents is 1. The molecule has 312 valence electrons. The fourth-order valence-electron chi connectivity index (χ4n) is 7.33. The Bertz CT molecular complexity index is 1630. The number of hydrogen-bond donors (Lipinski definition) is 2. The van der Waals surface area contributed by atoms with Gasteiger partial charge in [0.1, 0.15) is 17.1 Å². The minimum Gasteiger partial charge on any atom is -0.508 e. The molecule has 0 amide bonds. The Morgan fingerprint density at radius 1 is 0.661 bits per heavy atom. The molecule has 1 aromatic rings. The summed E-state index contributed by atoms with van der Waals surface area (Å²) in [7, 11) is 0. The number of benzene rings is 1. The van der Waals surface area contributed by atoms with Gasteiger partial charge in [0, 0.05) is 0 Å². The van der Waals surface area contributed by atoms with E-state index in [0.29, 0.717) is 5.75 Å². The van der Waals surface area contributed by atoms with E-state index in [9.17, 15) is 10.2 Å². The second-order valence-electron chi connectivity index (χ2n) is 18.0. The Morgan fingerprint density at radius 2 is 1.11 bits per heavy atom. The van der Waals surface area contributed by atoms with Crippen molar-refractivity contribution in [2.45, 2.75) is 203 Å². The van der Waals surface area contributed by atoms with E-state index in [1.165, 1.54) is 39.0 Å². The van der Waals surface area contributed by atoms with Gasteiger partial charge in [0.15, 0.2) is 0 Å². The fraction of sp³-hybridized carbons (Fsp3) is 0.585. The van der Waals surface area contributed by atoms with Crippen LogP contribution in [0.15, 0.2) is 99.8 Å². The molecule has 1 aromatic carbocycles. The maximum atomic E-state index is 10.8. The minimum absolute atomic E-state index is 0.154. The molecule has 0 aliphatic carbocycles. The summed E-state index contributed by atoms with van der Waals surface area (Å²) in [6.07, 6.45) is 38.4. The lowest BCUT2D eigenvalue weighted by atomic mass is 9.87. The fourth-order valence-corrected chi connectivity index (χ4v) is 7.33. The smallest absolute Gasteiger partial charge is 0.126 e. The van der Waals surface area contributed by atoms with Gasteiger partial charge in [0.25, 0.3) is 0 Å². The number of fused-ring (bicyclic) bond motifs is 1. The largest absolute Gasteiger partial charge is 0.508 e. The van der Waals surface area contributed by atoms with E-state index in [1.807, 2.05) is 26.0 Å². The van der Waals surface area contributed by atoms with Gasteiger partial charge < -0.3 is 14.9 Å². The SMILES string of the molecule is CC(C)=CCCC(C)=CCC[C@](C)(O)C=CCC(C)=CCCC(C)=CCCC(C)=CCCC(C)=CCCC(C)=CCC[C@@]1(C)CCc2cc(O)c(C)c(C)c2O1. The molecule has 0 spiro atoms. The third kappa shape index (κ3) is 20.2. The average Bonchev–Trinajstić information content (AvgIpc) is 3.11. The van der Waals surface area contributed by atoms with E-state index in [0.717, 1.165) is 132 Å². The molecule has 3 heteroatoms. The number of hydrogen-bond acceptors (Lipinski definition) is 3. The van der Waals surface area contributed by atoms with Gasteiger partial charge in [0.05, 0.1) is 5.60 Å². The van der Waals surface area contributed by atoms with E-state index < -0.39 is 5.60 Å². The number of phenols is 1. The molecule has 0 bridgehead atoms.